The normalized spacial score (nSPS) is 24.4. The predicted molar refractivity (Wildman–Crippen MR) is 101 cm³/mol. The molecule has 7 heteroatoms. The third-order valence-corrected chi connectivity index (χ3v) is 5.74. The second-order valence-corrected chi connectivity index (χ2v) is 8.96. The zero-order valence-electron chi connectivity index (χ0n) is 16.9. The van der Waals surface area contributed by atoms with Gasteiger partial charge in [0.1, 0.15) is 11.6 Å². The van der Waals surface area contributed by atoms with Crippen LogP contribution in [-0.2, 0) is 14.3 Å². The third kappa shape index (κ3) is 4.74. The summed E-state index contributed by atoms with van der Waals surface area (Å²) < 4.78 is 5.46. The molecule has 0 radical (unpaired) electrons. The van der Waals surface area contributed by atoms with Crippen LogP contribution < -0.4 is 0 Å². The second-order valence-electron chi connectivity index (χ2n) is 8.96. The summed E-state index contributed by atoms with van der Waals surface area (Å²) in [6, 6.07) is -0.425. The van der Waals surface area contributed by atoms with E-state index < -0.39 is 17.7 Å². The lowest BCUT2D eigenvalue weighted by atomic mass is 9.94. The number of rotatable bonds is 2. The number of likely N-dealkylation sites (tertiary alicyclic amines) is 3. The molecule has 0 aromatic rings. The van der Waals surface area contributed by atoms with Crippen molar-refractivity contribution in [1.82, 2.24) is 14.7 Å². The molecule has 0 saturated carbocycles. The van der Waals surface area contributed by atoms with Crippen LogP contribution in [0.3, 0.4) is 0 Å². The Morgan fingerprint density at radius 3 is 1.96 bits per heavy atom. The van der Waals surface area contributed by atoms with Crippen LogP contribution in [0.5, 0.6) is 0 Å². The standard InChI is InChI=1S/C20H33N3O4/c1-20(2,3)27-19(26)23-12-6-7-16(23)18(25)22-13-8-15(9-14-22)17(24)21-10-4-5-11-21/h15-16H,4-14H2,1-3H3. The molecule has 3 fully saturated rings. The van der Waals surface area contributed by atoms with E-state index in [9.17, 15) is 14.4 Å². The van der Waals surface area contributed by atoms with Crippen molar-refractivity contribution in [3.05, 3.63) is 0 Å². The maximum Gasteiger partial charge on any atom is 0.410 e. The molecule has 152 valence electrons. The zero-order valence-corrected chi connectivity index (χ0v) is 16.9. The Labute approximate surface area is 162 Å². The molecule has 3 saturated heterocycles. The first-order chi connectivity index (χ1) is 12.8. The number of hydrogen-bond donors (Lipinski definition) is 0. The Morgan fingerprint density at radius 1 is 0.778 bits per heavy atom. The van der Waals surface area contributed by atoms with Crippen LogP contribution in [0.4, 0.5) is 4.79 Å². The Hall–Kier alpha value is -1.79. The molecule has 3 heterocycles. The van der Waals surface area contributed by atoms with Gasteiger partial charge in [-0.1, -0.05) is 0 Å². The molecule has 0 aromatic heterocycles. The average molecular weight is 380 g/mol. The minimum Gasteiger partial charge on any atom is -0.444 e. The van der Waals surface area contributed by atoms with E-state index in [0.29, 0.717) is 26.1 Å². The molecule has 1 unspecified atom stereocenters. The Bertz CT molecular complexity index is 572. The first-order valence-corrected chi connectivity index (χ1v) is 10.3. The maximum atomic E-state index is 13.0. The van der Waals surface area contributed by atoms with Crippen LogP contribution in [0.2, 0.25) is 0 Å². The van der Waals surface area contributed by atoms with Crippen LogP contribution >= 0.6 is 0 Å². The van der Waals surface area contributed by atoms with Gasteiger partial charge in [-0.15, -0.1) is 0 Å². The van der Waals surface area contributed by atoms with Gasteiger partial charge in [0.05, 0.1) is 0 Å². The molecule has 0 bridgehead atoms. The number of piperidine rings is 1. The molecule has 0 aromatic carbocycles. The SMILES string of the molecule is CC(C)(C)OC(=O)N1CCCC1C(=O)N1CCC(C(=O)N2CCCC2)CC1. The lowest BCUT2D eigenvalue weighted by Crippen LogP contribution is -2.51. The third-order valence-electron chi connectivity index (χ3n) is 5.74. The lowest BCUT2D eigenvalue weighted by molar-refractivity contribution is -0.142. The van der Waals surface area contributed by atoms with Crippen molar-refractivity contribution in [3.63, 3.8) is 0 Å². The summed E-state index contributed by atoms with van der Waals surface area (Å²) in [5.41, 5.74) is -0.568. The van der Waals surface area contributed by atoms with Crippen LogP contribution in [0.25, 0.3) is 0 Å². The Morgan fingerprint density at radius 2 is 1.37 bits per heavy atom. The highest BCUT2D eigenvalue weighted by molar-refractivity contribution is 5.87. The van der Waals surface area contributed by atoms with Crippen LogP contribution in [0.1, 0.15) is 59.3 Å². The highest BCUT2D eigenvalue weighted by atomic mass is 16.6. The van der Waals surface area contributed by atoms with E-state index in [1.165, 1.54) is 0 Å². The molecule has 7 nitrogen and oxygen atoms in total. The molecule has 0 spiro atoms. The van der Waals surface area contributed by atoms with E-state index >= 15 is 0 Å². The van der Waals surface area contributed by atoms with Gasteiger partial charge in [0.2, 0.25) is 11.8 Å². The van der Waals surface area contributed by atoms with Crippen molar-refractivity contribution in [2.45, 2.75) is 70.9 Å². The summed E-state index contributed by atoms with van der Waals surface area (Å²) in [4.78, 5) is 43.4. The molecule has 3 rings (SSSR count). The van der Waals surface area contributed by atoms with Gasteiger partial charge >= 0.3 is 6.09 Å². The Kier molecular flexibility index (Phi) is 5.96. The van der Waals surface area contributed by atoms with Gasteiger partial charge in [-0.2, -0.15) is 0 Å². The topological polar surface area (TPSA) is 70.2 Å². The summed E-state index contributed by atoms with van der Waals surface area (Å²) in [6.07, 6.45) is 4.75. The van der Waals surface area contributed by atoms with Crippen LogP contribution in [0.15, 0.2) is 0 Å². The van der Waals surface area contributed by atoms with Crippen molar-refractivity contribution < 1.29 is 19.1 Å². The molecular weight excluding hydrogens is 346 g/mol. The summed E-state index contributed by atoms with van der Waals surface area (Å²) in [6.45, 7) is 9.02. The van der Waals surface area contributed by atoms with Gasteiger partial charge in [0, 0.05) is 38.6 Å². The van der Waals surface area contributed by atoms with E-state index in [4.69, 9.17) is 4.74 Å². The molecule has 0 N–H and O–H groups in total. The first-order valence-electron chi connectivity index (χ1n) is 10.3. The highest BCUT2D eigenvalue weighted by Gasteiger charge is 2.40. The fourth-order valence-electron chi connectivity index (χ4n) is 4.32. The van der Waals surface area contributed by atoms with Crippen molar-refractivity contribution in [2.75, 3.05) is 32.7 Å². The minimum absolute atomic E-state index is 0.00503. The second kappa shape index (κ2) is 8.07. The molecular formula is C20H33N3O4. The van der Waals surface area contributed by atoms with Gasteiger partial charge in [-0.25, -0.2) is 4.79 Å². The zero-order chi connectivity index (χ0) is 19.6. The van der Waals surface area contributed by atoms with E-state index in [2.05, 4.69) is 0 Å². The highest BCUT2D eigenvalue weighted by Crippen LogP contribution is 2.26. The molecule has 0 aliphatic carbocycles. The van der Waals surface area contributed by atoms with Gasteiger partial charge in [0.15, 0.2) is 0 Å². The quantitative estimate of drug-likeness (QED) is 0.738. The summed E-state index contributed by atoms with van der Waals surface area (Å²) in [7, 11) is 0. The number of amides is 3. The Balaban J connectivity index is 1.53. The van der Waals surface area contributed by atoms with Gasteiger partial charge in [-0.3, -0.25) is 14.5 Å². The predicted octanol–water partition coefficient (Wildman–Crippen LogP) is 2.25. The number of nitrogens with zero attached hydrogens (tertiary/aromatic N) is 3. The van der Waals surface area contributed by atoms with Crippen molar-refractivity contribution >= 4 is 17.9 Å². The number of carbonyl (C=O) groups excluding carboxylic acids is 3. The fraction of sp³-hybridized carbons (Fsp3) is 0.850. The largest absolute Gasteiger partial charge is 0.444 e. The minimum atomic E-state index is -0.568. The summed E-state index contributed by atoms with van der Waals surface area (Å²) in [5.74, 6) is 0.305. The molecule has 27 heavy (non-hydrogen) atoms. The van der Waals surface area contributed by atoms with Gasteiger partial charge in [-0.05, 0) is 59.3 Å². The lowest BCUT2D eigenvalue weighted by Gasteiger charge is -2.36. The first kappa shape index (κ1) is 20.0. The smallest absolute Gasteiger partial charge is 0.410 e. The summed E-state index contributed by atoms with van der Waals surface area (Å²) >= 11 is 0. The molecule has 1 atom stereocenters. The maximum absolute atomic E-state index is 13.0. The van der Waals surface area contributed by atoms with Gasteiger partial charge in [0.25, 0.3) is 0 Å². The van der Waals surface area contributed by atoms with Crippen LogP contribution in [0, 0.1) is 5.92 Å². The van der Waals surface area contributed by atoms with E-state index in [-0.39, 0.29) is 17.7 Å². The summed E-state index contributed by atoms with van der Waals surface area (Å²) in [5, 5.41) is 0. The van der Waals surface area contributed by atoms with Crippen molar-refractivity contribution in [3.8, 4) is 0 Å². The van der Waals surface area contributed by atoms with Crippen molar-refractivity contribution in [1.29, 1.82) is 0 Å². The molecule has 3 aliphatic heterocycles. The van der Waals surface area contributed by atoms with Crippen LogP contribution in [-0.4, -0.2) is 77.0 Å². The van der Waals surface area contributed by atoms with E-state index in [0.717, 1.165) is 45.2 Å². The van der Waals surface area contributed by atoms with E-state index in [1.807, 2.05) is 30.6 Å². The van der Waals surface area contributed by atoms with E-state index in [1.54, 1.807) is 4.90 Å². The van der Waals surface area contributed by atoms with Gasteiger partial charge < -0.3 is 14.5 Å². The number of ether oxygens (including phenoxy) is 1. The number of carbonyl (C=O) groups is 3. The molecule has 3 aliphatic rings. The number of hydrogen-bond acceptors (Lipinski definition) is 4. The van der Waals surface area contributed by atoms with Crippen molar-refractivity contribution in [2.24, 2.45) is 5.92 Å². The average Bonchev–Trinajstić information content (AvgIpc) is 3.30. The fourth-order valence-corrected chi connectivity index (χ4v) is 4.32. The monoisotopic (exact) mass is 379 g/mol. The molecule has 3 amide bonds.